The molecule has 0 bridgehead atoms. The predicted molar refractivity (Wildman–Crippen MR) is 85.6 cm³/mol. The van der Waals surface area contributed by atoms with Gasteiger partial charge in [-0.3, -0.25) is 4.79 Å². The molecule has 0 aromatic heterocycles. The van der Waals surface area contributed by atoms with Gasteiger partial charge in [0.1, 0.15) is 6.10 Å². The summed E-state index contributed by atoms with van der Waals surface area (Å²) in [5.41, 5.74) is 0. The molecule has 1 atom stereocenters. The number of aliphatic hydroxyl groups is 1. The highest BCUT2D eigenvalue weighted by atomic mass is 16.4. The fourth-order valence-electron chi connectivity index (χ4n) is 1.70. The number of hydrogen-bond acceptors (Lipinski definition) is 2. The second kappa shape index (κ2) is 14.7. The van der Waals surface area contributed by atoms with Crippen LogP contribution in [-0.4, -0.2) is 22.3 Å². The molecule has 0 spiro atoms. The topological polar surface area (TPSA) is 57.5 Å². The highest BCUT2D eigenvalue weighted by molar-refractivity contribution is 5.66. The van der Waals surface area contributed by atoms with E-state index in [9.17, 15) is 9.90 Å². The molecule has 2 N–H and O–H groups in total. The number of rotatable bonds is 10. The standard InChI is InChI=1S/C18H26O3/c1-2-3-4-5-6-7-8-11-14-17(19)15-12-9-10-13-16-18(20)21/h5-6,17,19H,2-4,9-10,12-13,15-16H2,1H3,(H,20,21)/b6-5-. The summed E-state index contributed by atoms with van der Waals surface area (Å²) in [7, 11) is 0. The Bertz CT molecular complexity index is 415. The quantitative estimate of drug-likeness (QED) is 0.478. The summed E-state index contributed by atoms with van der Waals surface area (Å²) in [5, 5.41) is 18.1. The second-order valence-corrected chi connectivity index (χ2v) is 4.95. The van der Waals surface area contributed by atoms with Crippen molar-refractivity contribution in [1.29, 1.82) is 0 Å². The molecule has 3 heteroatoms. The Hall–Kier alpha value is -1.71. The van der Waals surface area contributed by atoms with E-state index < -0.39 is 12.1 Å². The van der Waals surface area contributed by atoms with Crippen molar-refractivity contribution in [2.75, 3.05) is 0 Å². The molecule has 116 valence electrons. The minimum absolute atomic E-state index is 0.226. The Labute approximate surface area is 128 Å². The van der Waals surface area contributed by atoms with E-state index in [2.05, 4.69) is 30.6 Å². The maximum Gasteiger partial charge on any atom is 0.303 e. The van der Waals surface area contributed by atoms with Crippen molar-refractivity contribution in [2.24, 2.45) is 0 Å². The summed E-state index contributed by atoms with van der Waals surface area (Å²) in [6.07, 6.45) is 10.8. The van der Waals surface area contributed by atoms with Crippen molar-refractivity contribution in [1.82, 2.24) is 0 Å². The van der Waals surface area contributed by atoms with E-state index >= 15 is 0 Å². The molecule has 0 aromatic rings. The highest BCUT2D eigenvalue weighted by Crippen LogP contribution is 2.07. The van der Waals surface area contributed by atoms with Gasteiger partial charge >= 0.3 is 5.97 Å². The highest BCUT2D eigenvalue weighted by Gasteiger charge is 2.00. The Morgan fingerprint density at radius 3 is 2.62 bits per heavy atom. The van der Waals surface area contributed by atoms with Crippen molar-refractivity contribution in [2.45, 2.75) is 70.8 Å². The number of aliphatic carboxylic acids is 1. The van der Waals surface area contributed by atoms with Gasteiger partial charge in [0, 0.05) is 6.42 Å². The first-order valence-electron chi connectivity index (χ1n) is 7.72. The summed E-state index contributed by atoms with van der Waals surface area (Å²) >= 11 is 0. The van der Waals surface area contributed by atoms with Gasteiger partial charge in [0.05, 0.1) is 0 Å². The average molecular weight is 290 g/mol. The Balaban J connectivity index is 3.64. The lowest BCUT2D eigenvalue weighted by molar-refractivity contribution is -0.137. The van der Waals surface area contributed by atoms with Crippen LogP contribution in [0, 0.1) is 23.7 Å². The van der Waals surface area contributed by atoms with Crippen LogP contribution in [0.25, 0.3) is 0 Å². The van der Waals surface area contributed by atoms with Crippen molar-refractivity contribution < 1.29 is 15.0 Å². The van der Waals surface area contributed by atoms with Gasteiger partial charge in [0.15, 0.2) is 0 Å². The second-order valence-electron chi connectivity index (χ2n) is 4.95. The zero-order chi connectivity index (χ0) is 15.8. The number of hydrogen-bond donors (Lipinski definition) is 2. The zero-order valence-electron chi connectivity index (χ0n) is 12.9. The van der Waals surface area contributed by atoms with Crippen LogP contribution in [0.3, 0.4) is 0 Å². The summed E-state index contributed by atoms with van der Waals surface area (Å²) in [6, 6.07) is 0. The van der Waals surface area contributed by atoms with Crippen LogP contribution in [0.2, 0.25) is 0 Å². The predicted octanol–water partition coefficient (Wildman–Crippen LogP) is 3.53. The van der Waals surface area contributed by atoms with Crippen LogP contribution >= 0.6 is 0 Å². The minimum Gasteiger partial charge on any atom is -0.481 e. The summed E-state index contributed by atoms with van der Waals surface area (Å²) < 4.78 is 0. The van der Waals surface area contributed by atoms with E-state index in [-0.39, 0.29) is 6.42 Å². The number of carboxylic acid groups (broad SMARTS) is 1. The average Bonchev–Trinajstić information content (AvgIpc) is 2.45. The van der Waals surface area contributed by atoms with Gasteiger partial charge in [0.25, 0.3) is 0 Å². The van der Waals surface area contributed by atoms with E-state index in [1.165, 1.54) is 12.8 Å². The molecule has 0 aliphatic carbocycles. The van der Waals surface area contributed by atoms with Gasteiger partial charge in [-0.2, -0.15) is 0 Å². The molecule has 21 heavy (non-hydrogen) atoms. The van der Waals surface area contributed by atoms with Crippen molar-refractivity contribution in [3.63, 3.8) is 0 Å². The van der Waals surface area contributed by atoms with E-state index in [4.69, 9.17) is 5.11 Å². The molecule has 0 aromatic carbocycles. The van der Waals surface area contributed by atoms with Crippen molar-refractivity contribution in [3.05, 3.63) is 12.2 Å². The fraction of sp³-hybridized carbons (Fsp3) is 0.611. The molecule has 0 amide bonds. The fourth-order valence-corrected chi connectivity index (χ4v) is 1.70. The molecule has 0 rings (SSSR count). The van der Waals surface area contributed by atoms with Gasteiger partial charge in [-0.1, -0.05) is 50.5 Å². The smallest absolute Gasteiger partial charge is 0.303 e. The SMILES string of the molecule is CCCC/C=C\C#CC#CC(O)CCCCCCC(=O)O. The first kappa shape index (κ1) is 19.3. The molecule has 3 nitrogen and oxygen atoms in total. The molecule has 0 aliphatic rings. The summed E-state index contributed by atoms with van der Waals surface area (Å²) in [4.78, 5) is 10.3. The molecule has 0 saturated carbocycles. The van der Waals surface area contributed by atoms with Crippen LogP contribution in [0.5, 0.6) is 0 Å². The third kappa shape index (κ3) is 16.2. The number of carbonyl (C=O) groups is 1. The normalized spacial score (nSPS) is 11.3. The zero-order valence-corrected chi connectivity index (χ0v) is 12.9. The molecule has 0 fully saturated rings. The minimum atomic E-state index is -0.747. The number of aliphatic hydroxyl groups excluding tert-OH is 1. The summed E-state index contributed by atoms with van der Waals surface area (Å²) in [6.45, 7) is 2.15. The molecule has 0 heterocycles. The monoisotopic (exact) mass is 290 g/mol. The van der Waals surface area contributed by atoms with E-state index in [1.54, 1.807) is 6.08 Å². The lowest BCUT2D eigenvalue weighted by atomic mass is 10.1. The third-order valence-corrected chi connectivity index (χ3v) is 2.92. The van der Waals surface area contributed by atoms with Crippen molar-refractivity contribution in [3.8, 4) is 23.7 Å². The third-order valence-electron chi connectivity index (χ3n) is 2.92. The number of unbranched alkanes of at least 4 members (excludes halogenated alkanes) is 5. The summed E-state index contributed by atoms with van der Waals surface area (Å²) in [5.74, 6) is 10.1. The Morgan fingerprint density at radius 2 is 1.90 bits per heavy atom. The van der Waals surface area contributed by atoms with Crippen LogP contribution in [0.4, 0.5) is 0 Å². The Morgan fingerprint density at radius 1 is 1.14 bits per heavy atom. The van der Waals surface area contributed by atoms with Gasteiger partial charge in [0.2, 0.25) is 0 Å². The number of allylic oxidation sites excluding steroid dienone is 2. The van der Waals surface area contributed by atoms with Gasteiger partial charge in [-0.15, -0.1) is 0 Å². The van der Waals surface area contributed by atoms with E-state index in [0.29, 0.717) is 12.8 Å². The molecule has 0 aliphatic heterocycles. The van der Waals surface area contributed by atoms with E-state index in [0.717, 1.165) is 25.7 Å². The van der Waals surface area contributed by atoms with Gasteiger partial charge in [-0.05, 0) is 43.6 Å². The molecule has 0 saturated heterocycles. The first-order valence-corrected chi connectivity index (χ1v) is 7.72. The van der Waals surface area contributed by atoms with Crippen LogP contribution < -0.4 is 0 Å². The molecule has 0 radical (unpaired) electrons. The van der Waals surface area contributed by atoms with E-state index in [1.807, 2.05) is 6.08 Å². The lowest BCUT2D eigenvalue weighted by Gasteiger charge is -2.02. The number of carboxylic acids is 1. The maximum absolute atomic E-state index is 10.3. The maximum atomic E-state index is 10.3. The first-order chi connectivity index (χ1) is 10.2. The largest absolute Gasteiger partial charge is 0.481 e. The van der Waals surface area contributed by atoms with Crippen LogP contribution in [0.15, 0.2) is 12.2 Å². The Kier molecular flexibility index (Phi) is 13.5. The molecular formula is C18H26O3. The molecule has 1 unspecified atom stereocenters. The van der Waals surface area contributed by atoms with Crippen LogP contribution in [0.1, 0.15) is 64.7 Å². The van der Waals surface area contributed by atoms with Gasteiger partial charge in [-0.25, -0.2) is 0 Å². The van der Waals surface area contributed by atoms with Crippen molar-refractivity contribution >= 4 is 5.97 Å². The van der Waals surface area contributed by atoms with Gasteiger partial charge < -0.3 is 10.2 Å². The molecular weight excluding hydrogens is 264 g/mol. The van der Waals surface area contributed by atoms with Crippen LogP contribution in [-0.2, 0) is 4.79 Å². The lowest BCUT2D eigenvalue weighted by Crippen LogP contribution is -2.02.